The summed E-state index contributed by atoms with van der Waals surface area (Å²) < 4.78 is 0. The molecule has 2 unspecified atom stereocenters. The molecule has 0 spiro atoms. The lowest BCUT2D eigenvalue weighted by Gasteiger charge is -2.30. The zero-order valence-electron chi connectivity index (χ0n) is 12.8. The predicted molar refractivity (Wildman–Crippen MR) is 80.6 cm³/mol. The molecule has 0 heterocycles. The van der Waals surface area contributed by atoms with Gasteiger partial charge in [-0.1, -0.05) is 25.7 Å². The molecular weight excluding hydrogens is 268 g/mol. The Bertz CT molecular complexity index is 353. The van der Waals surface area contributed by atoms with Crippen molar-refractivity contribution in [1.82, 2.24) is 10.6 Å². The van der Waals surface area contributed by atoms with Crippen molar-refractivity contribution in [3.63, 3.8) is 0 Å². The quantitative estimate of drug-likeness (QED) is 0.695. The smallest absolute Gasteiger partial charge is 0.220 e. The standard InChI is InChI=1S/C16H28N2O3/c19-11-12-5-1-4-8-14(12)18-16(21)10-9-15(20)17-13-6-2-3-7-13/h12-14,19H,1-11H2,(H,17,20)(H,18,21). The second-order valence-electron chi connectivity index (χ2n) is 6.45. The van der Waals surface area contributed by atoms with Crippen LogP contribution in [0.3, 0.4) is 0 Å². The maximum Gasteiger partial charge on any atom is 0.220 e. The van der Waals surface area contributed by atoms with Gasteiger partial charge in [-0.05, 0) is 25.7 Å². The van der Waals surface area contributed by atoms with Crippen molar-refractivity contribution in [3.05, 3.63) is 0 Å². The van der Waals surface area contributed by atoms with Gasteiger partial charge in [0.2, 0.25) is 11.8 Å². The largest absolute Gasteiger partial charge is 0.396 e. The summed E-state index contributed by atoms with van der Waals surface area (Å²) in [5.41, 5.74) is 0. The molecule has 0 aliphatic heterocycles. The third-order valence-corrected chi connectivity index (χ3v) is 4.79. The van der Waals surface area contributed by atoms with Crippen LogP contribution in [-0.4, -0.2) is 35.6 Å². The van der Waals surface area contributed by atoms with E-state index in [0.717, 1.165) is 38.5 Å². The van der Waals surface area contributed by atoms with E-state index >= 15 is 0 Å². The highest BCUT2D eigenvalue weighted by atomic mass is 16.3. The first-order chi connectivity index (χ1) is 10.2. The topological polar surface area (TPSA) is 78.4 Å². The van der Waals surface area contributed by atoms with Crippen LogP contribution >= 0.6 is 0 Å². The van der Waals surface area contributed by atoms with E-state index in [4.69, 9.17) is 0 Å². The Hall–Kier alpha value is -1.10. The lowest BCUT2D eigenvalue weighted by Crippen LogP contribution is -2.43. The molecule has 0 aromatic rings. The second kappa shape index (κ2) is 8.37. The first-order valence-corrected chi connectivity index (χ1v) is 8.38. The number of hydrogen-bond donors (Lipinski definition) is 3. The fourth-order valence-corrected chi connectivity index (χ4v) is 3.49. The summed E-state index contributed by atoms with van der Waals surface area (Å²) in [6.45, 7) is 0.132. The molecule has 0 aromatic heterocycles. The fraction of sp³-hybridized carbons (Fsp3) is 0.875. The van der Waals surface area contributed by atoms with E-state index in [9.17, 15) is 14.7 Å². The minimum absolute atomic E-state index is 0.0144. The lowest BCUT2D eigenvalue weighted by atomic mass is 9.85. The molecule has 0 bridgehead atoms. The Morgan fingerprint density at radius 1 is 0.857 bits per heavy atom. The van der Waals surface area contributed by atoms with E-state index in [1.165, 1.54) is 12.8 Å². The number of rotatable bonds is 6. The molecule has 2 saturated carbocycles. The van der Waals surface area contributed by atoms with Gasteiger partial charge in [0, 0.05) is 37.5 Å². The SMILES string of the molecule is O=C(CCC(=O)NC1CCCCC1CO)NC1CCCC1. The first kappa shape index (κ1) is 16.3. The van der Waals surface area contributed by atoms with Crippen molar-refractivity contribution in [1.29, 1.82) is 0 Å². The van der Waals surface area contributed by atoms with Gasteiger partial charge in [-0.15, -0.1) is 0 Å². The number of hydrogen-bond acceptors (Lipinski definition) is 3. The van der Waals surface area contributed by atoms with E-state index < -0.39 is 0 Å². The van der Waals surface area contributed by atoms with E-state index in [-0.39, 0.29) is 43.2 Å². The minimum atomic E-state index is -0.0677. The van der Waals surface area contributed by atoms with Crippen LogP contribution in [0.2, 0.25) is 0 Å². The molecule has 5 heteroatoms. The molecule has 2 aliphatic rings. The van der Waals surface area contributed by atoms with Crippen LogP contribution in [0.4, 0.5) is 0 Å². The molecule has 2 aliphatic carbocycles. The molecular formula is C16H28N2O3. The van der Waals surface area contributed by atoms with Crippen molar-refractivity contribution < 1.29 is 14.7 Å². The van der Waals surface area contributed by atoms with Gasteiger partial charge in [-0.25, -0.2) is 0 Å². The molecule has 0 saturated heterocycles. The van der Waals surface area contributed by atoms with E-state index in [0.29, 0.717) is 6.04 Å². The normalized spacial score (nSPS) is 26.5. The second-order valence-corrected chi connectivity index (χ2v) is 6.45. The summed E-state index contributed by atoms with van der Waals surface area (Å²) in [4.78, 5) is 23.7. The van der Waals surface area contributed by atoms with Gasteiger partial charge in [0.1, 0.15) is 0 Å². The minimum Gasteiger partial charge on any atom is -0.396 e. The summed E-state index contributed by atoms with van der Waals surface area (Å²) in [5.74, 6) is 0.0938. The highest BCUT2D eigenvalue weighted by molar-refractivity contribution is 5.84. The molecule has 0 radical (unpaired) electrons. The third-order valence-electron chi connectivity index (χ3n) is 4.79. The van der Waals surface area contributed by atoms with Gasteiger partial charge in [0.25, 0.3) is 0 Å². The molecule has 2 atom stereocenters. The third kappa shape index (κ3) is 5.30. The number of amides is 2. The highest BCUT2D eigenvalue weighted by Gasteiger charge is 2.26. The van der Waals surface area contributed by atoms with Gasteiger partial charge in [-0.3, -0.25) is 9.59 Å². The first-order valence-electron chi connectivity index (χ1n) is 8.38. The average Bonchev–Trinajstić information content (AvgIpc) is 2.98. The van der Waals surface area contributed by atoms with Gasteiger partial charge < -0.3 is 15.7 Å². The number of aliphatic hydroxyl groups excluding tert-OH is 1. The van der Waals surface area contributed by atoms with Crippen molar-refractivity contribution >= 4 is 11.8 Å². The Morgan fingerprint density at radius 3 is 2.10 bits per heavy atom. The Kier molecular flexibility index (Phi) is 6.49. The molecule has 5 nitrogen and oxygen atoms in total. The van der Waals surface area contributed by atoms with Gasteiger partial charge >= 0.3 is 0 Å². The van der Waals surface area contributed by atoms with Crippen molar-refractivity contribution in [2.24, 2.45) is 5.92 Å². The van der Waals surface area contributed by atoms with Crippen molar-refractivity contribution in [3.8, 4) is 0 Å². The summed E-state index contributed by atoms with van der Waals surface area (Å²) in [5, 5.41) is 15.3. The highest BCUT2D eigenvalue weighted by Crippen LogP contribution is 2.24. The van der Waals surface area contributed by atoms with Gasteiger partial charge in [0.05, 0.1) is 0 Å². The number of nitrogens with one attached hydrogen (secondary N) is 2. The van der Waals surface area contributed by atoms with Crippen molar-refractivity contribution in [2.75, 3.05) is 6.61 Å². The molecule has 120 valence electrons. The van der Waals surface area contributed by atoms with Crippen LogP contribution in [0, 0.1) is 5.92 Å². The number of carbonyl (C=O) groups is 2. The summed E-state index contributed by atoms with van der Waals surface area (Å²) >= 11 is 0. The van der Waals surface area contributed by atoms with Crippen LogP contribution in [0.15, 0.2) is 0 Å². The zero-order chi connectivity index (χ0) is 15.1. The van der Waals surface area contributed by atoms with Crippen LogP contribution in [0.25, 0.3) is 0 Å². The Morgan fingerprint density at radius 2 is 1.43 bits per heavy atom. The fourth-order valence-electron chi connectivity index (χ4n) is 3.49. The summed E-state index contributed by atoms with van der Waals surface area (Å²) in [6.07, 6.45) is 9.16. The number of aliphatic hydroxyl groups is 1. The lowest BCUT2D eigenvalue weighted by molar-refractivity contribution is -0.127. The molecule has 0 aromatic carbocycles. The van der Waals surface area contributed by atoms with E-state index in [1.807, 2.05) is 0 Å². The number of carbonyl (C=O) groups excluding carboxylic acids is 2. The Labute approximate surface area is 126 Å². The molecule has 3 N–H and O–H groups in total. The van der Waals surface area contributed by atoms with Crippen LogP contribution < -0.4 is 10.6 Å². The Balaban J connectivity index is 1.65. The molecule has 2 amide bonds. The average molecular weight is 296 g/mol. The van der Waals surface area contributed by atoms with Crippen molar-refractivity contribution in [2.45, 2.75) is 76.3 Å². The monoisotopic (exact) mass is 296 g/mol. The molecule has 21 heavy (non-hydrogen) atoms. The van der Waals surface area contributed by atoms with E-state index in [2.05, 4.69) is 10.6 Å². The maximum absolute atomic E-state index is 11.9. The van der Waals surface area contributed by atoms with Crippen LogP contribution in [0.5, 0.6) is 0 Å². The zero-order valence-corrected chi connectivity index (χ0v) is 12.8. The van der Waals surface area contributed by atoms with Crippen LogP contribution in [-0.2, 0) is 9.59 Å². The summed E-state index contributed by atoms with van der Waals surface area (Å²) in [6, 6.07) is 0.395. The maximum atomic E-state index is 11.9. The van der Waals surface area contributed by atoms with E-state index in [1.54, 1.807) is 0 Å². The van der Waals surface area contributed by atoms with Crippen LogP contribution in [0.1, 0.15) is 64.2 Å². The van der Waals surface area contributed by atoms with Gasteiger partial charge in [0.15, 0.2) is 0 Å². The molecule has 2 rings (SSSR count). The molecule has 2 fully saturated rings. The van der Waals surface area contributed by atoms with Gasteiger partial charge in [-0.2, -0.15) is 0 Å². The predicted octanol–water partition coefficient (Wildman–Crippen LogP) is 1.49. The summed E-state index contributed by atoms with van der Waals surface area (Å²) in [7, 11) is 0.